The Kier molecular flexibility index (Phi) is 4.70. The van der Waals surface area contributed by atoms with E-state index in [9.17, 15) is 18.7 Å². The number of aliphatic hydroxyl groups excluding tert-OH is 1. The van der Waals surface area contributed by atoms with Crippen molar-refractivity contribution in [2.45, 2.75) is 25.6 Å². The van der Waals surface area contributed by atoms with E-state index in [1.54, 1.807) is 0 Å². The van der Waals surface area contributed by atoms with E-state index in [0.29, 0.717) is 19.2 Å². The summed E-state index contributed by atoms with van der Waals surface area (Å²) in [5.41, 5.74) is -0.617. The van der Waals surface area contributed by atoms with Crippen molar-refractivity contribution in [1.29, 1.82) is 0 Å². The molecule has 21 heavy (non-hydrogen) atoms. The Labute approximate surface area is 122 Å². The number of ketones is 1. The maximum absolute atomic E-state index is 13.6. The number of morpholine rings is 1. The second-order valence-corrected chi connectivity index (χ2v) is 5.90. The van der Waals surface area contributed by atoms with E-state index >= 15 is 0 Å². The minimum atomic E-state index is -0.855. The van der Waals surface area contributed by atoms with Crippen molar-refractivity contribution in [3.63, 3.8) is 0 Å². The molecule has 0 spiro atoms. The highest BCUT2D eigenvalue weighted by Gasteiger charge is 2.34. The van der Waals surface area contributed by atoms with Crippen molar-refractivity contribution in [1.82, 2.24) is 4.90 Å². The average molecular weight is 299 g/mol. The highest BCUT2D eigenvalue weighted by molar-refractivity contribution is 5.97. The van der Waals surface area contributed by atoms with Gasteiger partial charge < -0.3 is 9.84 Å². The van der Waals surface area contributed by atoms with Crippen LogP contribution in [0.15, 0.2) is 18.2 Å². The molecule has 4 nitrogen and oxygen atoms in total. The van der Waals surface area contributed by atoms with Crippen LogP contribution in [0, 0.1) is 11.6 Å². The van der Waals surface area contributed by atoms with Crippen molar-refractivity contribution in [3.8, 4) is 0 Å². The molecule has 1 N–H and O–H groups in total. The van der Waals surface area contributed by atoms with Crippen LogP contribution in [-0.4, -0.2) is 53.7 Å². The Morgan fingerprint density at radius 3 is 2.81 bits per heavy atom. The Balaban J connectivity index is 2.08. The minimum Gasteiger partial charge on any atom is -0.394 e. The molecule has 1 fully saturated rings. The quantitative estimate of drug-likeness (QED) is 0.858. The van der Waals surface area contributed by atoms with Crippen LogP contribution in [0.4, 0.5) is 8.78 Å². The lowest BCUT2D eigenvalue weighted by Crippen LogP contribution is -2.54. The number of carbonyl (C=O) groups is 1. The van der Waals surface area contributed by atoms with Gasteiger partial charge in [0.1, 0.15) is 11.6 Å². The van der Waals surface area contributed by atoms with E-state index in [1.807, 2.05) is 18.7 Å². The molecule has 0 amide bonds. The first-order valence-electron chi connectivity index (χ1n) is 6.80. The van der Waals surface area contributed by atoms with Crippen molar-refractivity contribution in [2.75, 3.05) is 26.2 Å². The average Bonchev–Trinajstić information content (AvgIpc) is 2.36. The first kappa shape index (κ1) is 16.0. The number of ether oxygens (including phenoxy) is 1. The monoisotopic (exact) mass is 299 g/mol. The number of benzene rings is 1. The maximum Gasteiger partial charge on any atom is 0.179 e. The third kappa shape index (κ3) is 4.06. The van der Waals surface area contributed by atoms with Gasteiger partial charge in [0.2, 0.25) is 0 Å². The van der Waals surface area contributed by atoms with Gasteiger partial charge in [-0.05, 0) is 26.0 Å². The Bertz CT molecular complexity index is 534. The molecule has 0 radical (unpaired) electrons. The van der Waals surface area contributed by atoms with E-state index in [1.165, 1.54) is 0 Å². The van der Waals surface area contributed by atoms with Gasteiger partial charge >= 0.3 is 0 Å². The predicted molar refractivity (Wildman–Crippen MR) is 73.2 cm³/mol. The van der Waals surface area contributed by atoms with E-state index in [2.05, 4.69) is 0 Å². The SMILES string of the molecule is CC1(C)CN(CC(=O)c2ccc(F)cc2F)CC(CO)O1. The Morgan fingerprint density at radius 1 is 1.48 bits per heavy atom. The summed E-state index contributed by atoms with van der Waals surface area (Å²) >= 11 is 0. The molecular formula is C15H19F2NO3. The molecule has 0 aromatic heterocycles. The van der Waals surface area contributed by atoms with Gasteiger partial charge in [0.15, 0.2) is 5.78 Å². The first-order chi connectivity index (χ1) is 9.80. The van der Waals surface area contributed by atoms with Crippen LogP contribution in [-0.2, 0) is 4.74 Å². The lowest BCUT2D eigenvalue weighted by atomic mass is 10.0. The van der Waals surface area contributed by atoms with Gasteiger partial charge in [-0.2, -0.15) is 0 Å². The zero-order valence-electron chi connectivity index (χ0n) is 12.1. The van der Waals surface area contributed by atoms with Gasteiger partial charge in [-0.15, -0.1) is 0 Å². The highest BCUT2D eigenvalue weighted by Crippen LogP contribution is 2.21. The number of nitrogens with zero attached hydrogens (tertiary/aromatic N) is 1. The molecule has 1 unspecified atom stereocenters. The Hall–Kier alpha value is -1.37. The summed E-state index contributed by atoms with van der Waals surface area (Å²) in [6.07, 6.45) is -0.375. The first-order valence-corrected chi connectivity index (χ1v) is 6.80. The molecular weight excluding hydrogens is 280 g/mol. The normalized spacial score (nSPS) is 22.2. The fourth-order valence-corrected chi connectivity index (χ4v) is 2.64. The molecule has 1 atom stereocenters. The van der Waals surface area contributed by atoms with Crippen LogP contribution in [0.2, 0.25) is 0 Å². The van der Waals surface area contributed by atoms with Crippen molar-refractivity contribution < 1.29 is 23.4 Å². The summed E-state index contributed by atoms with van der Waals surface area (Å²) in [6.45, 7) is 4.49. The Morgan fingerprint density at radius 2 is 2.19 bits per heavy atom. The molecule has 0 bridgehead atoms. The second kappa shape index (κ2) is 6.17. The lowest BCUT2D eigenvalue weighted by Gasteiger charge is -2.42. The van der Waals surface area contributed by atoms with Gasteiger partial charge in [-0.3, -0.25) is 9.69 Å². The van der Waals surface area contributed by atoms with E-state index in [0.717, 1.165) is 12.1 Å². The number of halogens is 2. The lowest BCUT2D eigenvalue weighted by molar-refractivity contribution is -0.146. The van der Waals surface area contributed by atoms with Crippen LogP contribution < -0.4 is 0 Å². The highest BCUT2D eigenvalue weighted by atomic mass is 19.1. The predicted octanol–water partition coefficient (Wildman–Crippen LogP) is 1.62. The largest absolute Gasteiger partial charge is 0.394 e. The molecule has 0 saturated carbocycles. The third-order valence-electron chi connectivity index (χ3n) is 3.35. The number of hydrogen-bond acceptors (Lipinski definition) is 4. The van der Waals surface area contributed by atoms with Gasteiger partial charge in [0.25, 0.3) is 0 Å². The third-order valence-corrected chi connectivity index (χ3v) is 3.35. The minimum absolute atomic E-state index is 0.00580. The van der Waals surface area contributed by atoms with Gasteiger partial charge in [0, 0.05) is 19.2 Å². The molecule has 0 aliphatic carbocycles. The van der Waals surface area contributed by atoms with Gasteiger partial charge in [0.05, 0.1) is 30.4 Å². The molecule has 2 rings (SSSR count). The molecule has 6 heteroatoms. The van der Waals surface area contributed by atoms with E-state index in [4.69, 9.17) is 4.74 Å². The van der Waals surface area contributed by atoms with Crippen LogP contribution in [0.5, 0.6) is 0 Å². The maximum atomic E-state index is 13.6. The molecule has 1 aromatic rings. The van der Waals surface area contributed by atoms with Crippen LogP contribution in [0.25, 0.3) is 0 Å². The van der Waals surface area contributed by atoms with Crippen molar-refractivity contribution >= 4 is 5.78 Å². The molecule has 1 aliphatic heterocycles. The summed E-state index contributed by atoms with van der Waals surface area (Å²) in [6, 6.07) is 2.92. The zero-order valence-corrected chi connectivity index (χ0v) is 12.1. The van der Waals surface area contributed by atoms with Crippen molar-refractivity contribution in [2.24, 2.45) is 0 Å². The summed E-state index contributed by atoms with van der Waals surface area (Å²) in [5.74, 6) is -1.98. The number of rotatable bonds is 4. The summed E-state index contributed by atoms with van der Waals surface area (Å²) in [5, 5.41) is 9.23. The standard InChI is InChI=1S/C15H19F2NO3/c1-15(2)9-18(6-11(8-19)21-15)7-14(20)12-4-3-10(16)5-13(12)17/h3-5,11,19H,6-9H2,1-2H3. The van der Waals surface area contributed by atoms with Crippen molar-refractivity contribution in [3.05, 3.63) is 35.4 Å². The van der Waals surface area contributed by atoms with E-state index in [-0.39, 0.29) is 24.8 Å². The molecule has 1 saturated heterocycles. The molecule has 1 heterocycles. The van der Waals surface area contributed by atoms with Gasteiger partial charge in [-0.25, -0.2) is 8.78 Å². The second-order valence-electron chi connectivity index (χ2n) is 5.90. The van der Waals surface area contributed by atoms with E-state index < -0.39 is 23.0 Å². The number of hydrogen-bond donors (Lipinski definition) is 1. The summed E-state index contributed by atoms with van der Waals surface area (Å²) in [4.78, 5) is 14.0. The summed E-state index contributed by atoms with van der Waals surface area (Å²) < 4.78 is 32.1. The fourth-order valence-electron chi connectivity index (χ4n) is 2.64. The smallest absolute Gasteiger partial charge is 0.179 e. The van der Waals surface area contributed by atoms with Crippen LogP contribution in [0.1, 0.15) is 24.2 Å². The molecule has 116 valence electrons. The number of aliphatic hydroxyl groups is 1. The van der Waals surface area contributed by atoms with Crippen LogP contribution >= 0.6 is 0 Å². The summed E-state index contributed by atoms with van der Waals surface area (Å²) in [7, 11) is 0. The van der Waals surface area contributed by atoms with Crippen LogP contribution in [0.3, 0.4) is 0 Å². The zero-order chi connectivity index (χ0) is 15.6. The topological polar surface area (TPSA) is 49.8 Å². The van der Waals surface area contributed by atoms with Gasteiger partial charge in [-0.1, -0.05) is 0 Å². The fraction of sp³-hybridized carbons (Fsp3) is 0.533. The molecule has 1 aliphatic rings. The number of carbonyl (C=O) groups excluding carboxylic acids is 1. The molecule has 1 aromatic carbocycles. The number of Topliss-reactive ketones (excluding diaryl/α,β-unsaturated/α-hetero) is 1.